The number of nitrogens with zero attached hydrogens (tertiary/aromatic N) is 3. The molecule has 2 heterocycles. The highest BCUT2D eigenvalue weighted by atomic mass is 16.5. The number of imidazole rings is 1. The normalized spacial score (nSPS) is 12.2. The van der Waals surface area contributed by atoms with Crippen LogP contribution in [-0.4, -0.2) is 40.2 Å². The van der Waals surface area contributed by atoms with E-state index in [1.807, 2.05) is 6.92 Å². The van der Waals surface area contributed by atoms with Crippen molar-refractivity contribution >= 4 is 11.6 Å². The number of nitrogens with two attached hydrogens (primary N) is 1. The maximum atomic E-state index is 12.0. The van der Waals surface area contributed by atoms with Gasteiger partial charge in [-0.05, 0) is 19.1 Å². The number of rotatable bonds is 5. The molecule has 0 aliphatic rings. The summed E-state index contributed by atoms with van der Waals surface area (Å²) in [7, 11) is 1.45. The fraction of sp³-hybridized carbons (Fsp3) is 0.308. The number of hydrogen-bond donors (Lipinski definition) is 2. The number of aromatic nitrogens is 3. The van der Waals surface area contributed by atoms with Crippen molar-refractivity contribution in [2.75, 3.05) is 19.0 Å². The van der Waals surface area contributed by atoms with Gasteiger partial charge in [0.25, 0.3) is 5.91 Å². The number of carbonyl (C=O) groups is 1. The highest BCUT2D eigenvalue weighted by molar-refractivity contribution is 5.95. The Kier molecular flexibility index (Phi) is 4.44. The van der Waals surface area contributed by atoms with Crippen LogP contribution in [0.4, 0.5) is 5.69 Å². The van der Waals surface area contributed by atoms with Gasteiger partial charge in [-0.15, -0.1) is 0 Å². The summed E-state index contributed by atoms with van der Waals surface area (Å²) in [6, 6.07) is 3.51. The van der Waals surface area contributed by atoms with E-state index in [1.165, 1.54) is 7.11 Å². The third-order valence-corrected chi connectivity index (χ3v) is 2.89. The summed E-state index contributed by atoms with van der Waals surface area (Å²) >= 11 is 0. The van der Waals surface area contributed by atoms with Crippen LogP contribution < -0.4 is 11.1 Å². The van der Waals surface area contributed by atoms with Crippen LogP contribution in [-0.2, 0) is 9.53 Å². The Balaban J connectivity index is 2.30. The van der Waals surface area contributed by atoms with Crippen molar-refractivity contribution in [2.24, 2.45) is 5.73 Å². The summed E-state index contributed by atoms with van der Waals surface area (Å²) in [6.07, 6.45) is 4.42. The summed E-state index contributed by atoms with van der Waals surface area (Å²) in [5.74, 6) is 1.08. The van der Waals surface area contributed by atoms with E-state index in [9.17, 15) is 4.79 Å². The van der Waals surface area contributed by atoms with Crippen LogP contribution in [0.5, 0.6) is 0 Å². The molecule has 2 aromatic heterocycles. The first kappa shape index (κ1) is 14.2. The Morgan fingerprint density at radius 1 is 1.50 bits per heavy atom. The van der Waals surface area contributed by atoms with E-state index in [2.05, 4.69) is 15.3 Å². The van der Waals surface area contributed by atoms with Gasteiger partial charge in [-0.25, -0.2) is 9.97 Å². The molecule has 2 rings (SSSR count). The van der Waals surface area contributed by atoms with Crippen molar-refractivity contribution in [1.29, 1.82) is 0 Å². The topological polar surface area (TPSA) is 95.1 Å². The molecule has 0 radical (unpaired) electrons. The second-order valence-corrected chi connectivity index (χ2v) is 4.17. The molecule has 1 amide bonds. The fourth-order valence-corrected chi connectivity index (χ4v) is 1.81. The molecule has 2 aromatic rings. The Hall–Kier alpha value is -2.25. The predicted molar refractivity (Wildman–Crippen MR) is 74.6 cm³/mol. The van der Waals surface area contributed by atoms with Crippen LogP contribution in [0.2, 0.25) is 0 Å². The Morgan fingerprint density at radius 2 is 2.30 bits per heavy atom. The molecule has 3 N–H and O–H groups in total. The zero-order valence-electron chi connectivity index (χ0n) is 11.4. The number of ether oxygens (including phenoxy) is 1. The lowest BCUT2D eigenvalue weighted by Crippen LogP contribution is -2.36. The van der Waals surface area contributed by atoms with Crippen molar-refractivity contribution in [1.82, 2.24) is 14.5 Å². The molecule has 0 spiro atoms. The number of nitrogens with one attached hydrogen (secondary N) is 1. The summed E-state index contributed by atoms with van der Waals surface area (Å²) in [5, 5.41) is 2.77. The first-order valence-corrected chi connectivity index (χ1v) is 6.16. The summed E-state index contributed by atoms with van der Waals surface area (Å²) in [6.45, 7) is 1.97. The number of carbonyl (C=O) groups excluding carboxylic acids is 1. The zero-order valence-corrected chi connectivity index (χ0v) is 11.4. The van der Waals surface area contributed by atoms with E-state index in [0.29, 0.717) is 11.5 Å². The average Bonchev–Trinajstić information content (AvgIpc) is 2.87. The minimum absolute atomic E-state index is 0.113. The molecule has 7 heteroatoms. The van der Waals surface area contributed by atoms with Gasteiger partial charge in [0, 0.05) is 32.2 Å². The van der Waals surface area contributed by atoms with Crippen LogP contribution in [0.1, 0.15) is 5.82 Å². The maximum absolute atomic E-state index is 12.0. The van der Waals surface area contributed by atoms with E-state index in [0.717, 1.165) is 5.82 Å². The van der Waals surface area contributed by atoms with E-state index >= 15 is 0 Å². The van der Waals surface area contributed by atoms with Crippen LogP contribution in [0.25, 0.3) is 5.82 Å². The van der Waals surface area contributed by atoms with E-state index in [1.54, 1.807) is 35.3 Å². The van der Waals surface area contributed by atoms with Crippen molar-refractivity contribution < 1.29 is 9.53 Å². The van der Waals surface area contributed by atoms with E-state index in [-0.39, 0.29) is 12.5 Å². The maximum Gasteiger partial charge on any atom is 0.254 e. The number of anilines is 1. The van der Waals surface area contributed by atoms with Crippen LogP contribution in [0.15, 0.2) is 30.7 Å². The molecule has 106 valence electrons. The molecule has 1 unspecified atom stereocenters. The Labute approximate surface area is 116 Å². The van der Waals surface area contributed by atoms with Gasteiger partial charge in [-0.3, -0.25) is 9.36 Å². The molecule has 1 atom stereocenters. The quantitative estimate of drug-likeness (QED) is 0.828. The molecule has 20 heavy (non-hydrogen) atoms. The van der Waals surface area contributed by atoms with Crippen LogP contribution in [0.3, 0.4) is 0 Å². The van der Waals surface area contributed by atoms with Gasteiger partial charge >= 0.3 is 0 Å². The summed E-state index contributed by atoms with van der Waals surface area (Å²) < 4.78 is 6.80. The average molecular weight is 275 g/mol. The lowest BCUT2D eigenvalue weighted by atomic mass is 10.3. The third-order valence-electron chi connectivity index (χ3n) is 2.89. The Morgan fingerprint density at radius 3 is 2.90 bits per heavy atom. The number of amides is 1. The highest BCUT2D eigenvalue weighted by Crippen LogP contribution is 2.18. The van der Waals surface area contributed by atoms with Gasteiger partial charge in [0.2, 0.25) is 0 Å². The second kappa shape index (κ2) is 6.27. The van der Waals surface area contributed by atoms with Gasteiger partial charge in [0.1, 0.15) is 11.9 Å². The van der Waals surface area contributed by atoms with Crippen molar-refractivity contribution in [2.45, 2.75) is 13.0 Å². The van der Waals surface area contributed by atoms with Gasteiger partial charge in [-0.1, -0.05) is 0 Å². The van der Waals surface area contributed by atoms with Gasteiger partial charge in [0.05, 0.1) is 5.69 Å². The molecule has 0 fully saturated rings. The molecule has 0 bridgehead atoms. The largest absolute Gasteiger partial charge is 0.370 e. The van der Waals surface area contributed by atoms with Crippen molar-refractivity contribution in [3.8, 4) is 5.82 Å². The fourth-order valence-electron chi connectivity index (χ4n) is 1.81. The zero-order chi connectivity index (χ0) is 14.5. The minimum Gasteiger partial charge on any atom is -0.370 e. The van der Waals surface area contributed by atoms with E-state index in [4.69, 9.17) is 10.5 Å². The lowest BCUT2D eigenvalue weighted by Gasteiger charge is -2.15. The molecule has 0 saturated heterocycles. The SMILES string of the molecule is COC(CN)C(=O)Nc1cccnc1-n1ccnc1C. The first-order chi connectivity index (χ1) is 9.67. The second-order valence-electron chi connectivity index (χ2n) is 4.17. The van der Waals surface area contributed by atoms with Gasteiger partial charge in [-0.2, -0.15) is 0 Å². The standard InChI is InChI=1S/C13H17N5O2/c1-9-15-6-7-18(9)12-10(4-3-5-16-12)17-13(19)11(8-14)20-2/h3-7,11H,8,14H2,1-2H3,(H,17,19). The molecule has 7 nitrogen and oxygen atoms in total. The number of aryl methyl sites for hydroxylation is 1. The monoisotopic (exact) mass is 275 g/mol. The molecule has 0 aliphatic carbocycles. The smallest absolute Gasteiger partial charge is 0.254 e. The van der Waals surface area contributed by atoms with Crippen LogP contribution >= 0.6 is 0 Å². The Bertz CT molecular complexity index is 592. The highest BCUT2D eigenvalue weighted by Gasteiger charge is 2.18. The molecule has 0 aliphatic heterocycles. The number of pyridine rings is 1. The summed E-state index contributed by atoms with van der Waals surface area (Å²) in [4.78, 5) is 20.4. The van der Waals surface area contributed by atoms with Gasteiger partial charge in [0.15, 0.2) is 5.82 Å². The summed E-state index contributed by atoms with van der Waals surface area (Å²) in [5.41, 5.74) is 6.06. The molecular weight excluding hydrogens is 258 g/mol. The number of methoxy groups -OCH3 is 1. The van der Waals surface area contributed by atoms with E-state index < -0.39 is 6.10 Å². The van der Waals surface area contributed by atoms with Gasteiger partial charge < -0.3 is 15.8 Å². The van der Waals surface area contributed by atoms with Crippen molar-refractivity contribution in [3.05, 3.63) is 36.5 Å². The first-order valence-electron chi connectivity index (χ1n) is 6.16. The molecule has 0 saturated carbocycles. The lowest BCUT2D eigenvalue weighted by molar-refractivity contribution is -0.125. The molecular formula is C13H17N5O2. The van der Waals surface area contributed by atoms with Crippen molar-refractivity contribution in [3.63, 3.8) is 0 Å². The van der Waals surface area contributed by atoms with Crippen LogP contribution in [0, 0.1) is 6.92 Å². The predicted octanol–water partition coefficient (Wildman–Crippen LogP) is 0.488. The molecule has 0 aromatic carbocycles. The number of hydrogen-bond acceptors (Lipinski definition) is 5. The minimum atomic E-state index is -0.688. The third kappa shape index (κ3) is 2.84.